The average molecular weight is 231 g/mol. The molecule has 2 N–H and O–H groups in total. The molecule has 0 spiro atoms. The van der Waals surface area contributed by atoms with E-state index in [2.05, 4.69) is 4.98 Å². The Morgan fingerprint density at radius 2 is 2.06 bits per heavy atom. The van der Waals surface area contributed by atoms with Crippen molar-refractivity contribution in [3.05, 3.63) is 29.6 Å². The highest BCUT2D eigenvalue weighted by molar-refractivity contribution is 6.21. The predicted molar refractivity (Wildman–Crippen MR) is 60.3 cm³/mol. The zero-order chi connectivity index (χ0) is 12.0. The van der Waals surface area contributed by atoms with Crippen molar-refractivity contribution in [1.82, 2.24) is 9.88 Å². The summed E-state index contributed by atoms with van der Waals surface area (Å²) in [5.74, 6) is -0.0922. The lowest BCUT2D eigenvalue weighted by molar-refractivity contribution is 0.0570. The summed E-state index contributed by atoms with van der Waals surface area (Å²) >= 11 is 0. The fourth-order valence-electron chi connectivity index (χ4n) is 2.39. The number of amides is 2. The first-order chi connectivity index (χ1) is 8.24. The van der Waals surface area contributed by atoms with Gasteiger partial charge in [0.2, 0.25) is 0 Å². The van der Waals surface area contributed by atoms with Crippen molar-refractivity contribution in [2.75, 3.05) is 6.54 Å². The Kier molecular flexibility index (Phi) is 2.22. The number of carbonyl (C=O) groups is 2. The molecule has 2 aliphatic rings. The lowest BCUT2D eigenvalue weighted by Gasteiger charge is -2.24. The minimum Gasteiger partial charge on any atom is -0.328 e. The highest BCUT2D eigenvalue weighted by Crippen LogP contribution is 2.37. The number of fused-ring (bicyclic) bond motifs is 1. The maximum absolute atomic E-state index is 12.2. The Bertz CT molecular complexity index is 461. The van der Waals surface area contributed by atoms with Crippen LogP contribution in [0.3, 0.4) is 0 Å². The molecule has 5 nitrogen and oxygen atoms in total. The van der Waals surface area contributed by atoms with Crippen molar-refractivity contribution in [3.8, 4) is 0 Å². The third-order valence-electron chi connectivity index (χ3n) is 3.46. The topological polar surface area (TPSA) is 76.3 Å². The van der Waals surface area contributed by atoms with E-state index in [1.54, 1.807) is 6.07 Å². The number of nitrogens with two attached hydrogens (primary N) is 1. The van der Waals surface area contributed by atoms with E-state index >= 15 is 0 Å². The monoisotopic (exact) mass is 231 g/mol. The fraction of sp³-hybridized carbons (Fsp3) is 0.417. The number of aromatic nitrogens is 1. The summed E-state index contributed by atoms with van der Waals surface area (Å²) in [6.45, 7) is 0.337. The molecule has 3 rings (SSSR count). The van der Waals surface area contributed by atoms with Crippen molar-refractivity contribution >= 4 is 11.8 Å². The van der Waals surface area contributed by atoms with Gasteiger partial charge in [-0.2, -0.15) is 0 Å². The zero-order valence-electron chi connectivity index (χ0n) is 9.30. The standard InChI is InChI=1S/C12H13N3O2/c13-5-10(7-1-2-7)15-11(16)8-3-4-14-6-9(8)12(15)17/h3-4,6-7,10H,1-2,5,13H2. The summed E-state index contributed by atoms with van der Waals surface area (Å²) in [4.78, 5) is 29.5. The van der Waals surface area contributed by atoms with E-state index < -0.39 is 0 Å². The second-order valence-corrected chi connectivity index (χ2v) is 4.54. The van der Waals surface area contributed by atoms with Gasteiger partial charge < -0.3 is 5.73 Å². The molecule has 0 saturated heterocycles. The molecule has 0 bridgehead atoms. The molecule has 1 aromatic rings. The average Bonchev–Trinajstić information content (AvgIpc) is 3.15. The van der Waals surface area contributed by atoms with E-state index in [1.807, 2.05) is 0 Å². The highest BCUT2D eigenvalue weighted by atomic mass is 16.2. The largest absolute Gasteiger partial charge is 0.328 e. The van der Waals surface area contributed by atoms with E-state index in [0.717, 1.165) is 12.8 Å². The Morgan fingerprint density at radius 1 is 1.35 bits per heavy atom. The molecule has 1 aliphatic heterocycles. The van der Waals surface area contributed by atoms with E-state index in [1.165, 1.54) is 17.3 Å². The van der Waals surface area contributed by atoms with Gasteiger partial charge in [-0.05, 0) is 24.8 Å². The summed E-state index contributed by atoms with van der Waals surface area (Å²) < 4.78 is 0. The molecule has 1 aromatic heterocycles. The zero-order valence-corrected chi connectivity index (χ0v) is 9.30. The maximum atomic E-state index is 12.2. The Labute approximate surface area is 98.6 Å². The molecule has 1 saturated carbocycles. The van der Waals surface area contributed by atoms with Crippen LogP contribution in [0.15, 0.2) is 18.5 Å². The van der Waals surface area contributed by atoms with Gasteiger partial charge in [0.05, 0.1) is 17.2 Å². The van der Waals surface area contributed by atoms with Crippen molar-refractivity contribution in [2.45, 2.75) is 18.9 Å². The quantitative estimate of drug-likeness (QED) is 0.765. The maximum Gasteiger partial charge on any atom is 0.263 e. The van der Waals surface area contributed by atoms with Crippen LogP contribution in [0.1, 0.15) is 33.6 Å². The molecular weight excluding hydrogens is 218 g/mol. The molecule has 5 heteroatoms. The summed E-state index contributed by atoms with van der Waals surface area (Å²) in [5.41, 5.74) is 6.54. The number of pyridine rings is 1. The molecule has 0 aromatic carbocycles. The minimum atomic E-state index is -0.250. The van der Waals surface area contributed by atoms with Crippen LogP contribution >= 0.6 is 0 Å². The summed E-state index contributed by atoms with van der Waals surface area (Å²) in [6, 6.07) is 1.44. The van der Waals surface area contributed by atoms with Crippen molar-refractivity contribution in [2.24, 2.45) is 11.7 Å². The van der Waals surface area contributed by atoms with Crippen LogP contribution in [0.25, 0.3) is 0 Å². The fourth-order valence-corrected chi connectivity index (χ4v) is 2.39. The van der Waals surface area contributed by atoms with E-state index in [0.29, 0.717) is 23.6 Å². The van der Waals surface area contributed by atoms with E-state index in [4.69, 9.17) is 5.73 Å². The second-order valence-electron chi connectivity index (χ2n) is 4.54. The van der Waals surface area contributed by atoms with Crippen LogP contribution < -0.4 is 5.73 Å². The highest BCUT2D eigenvalue weighted by Gasteiger charge is 2.45. The van der Waals surface area contributed by atoms with Crippen LogP contribution in [0, 0.1) is 5.92 Å². The number of rotatable bonds is 3. The predicted octanol–water partition coefficient (Wildman–Crippen LogP) is 0.415. The third-order valence-corrected chi connectivity index (χ3v) is 3.46. The van der Waals surface area contributed by atoms with Gasteiger partial charge in [-0.25, -0.2) is 0 Å². The van der Waals surface area contributed by atoms with E-state index in [9.17, 15) is 9.59 Å². The molecule has 1 aliphatic carbocycles. The summed E-state index contributed by atoms with van der Waals surface area (Å²) in [6.07, 6.45) is 5.08. The van der Waals surface area contributed by atoms with Crippen molar-refractivity contribution < 1.29 is 9.59 Å². The molecule has 2 heterocycles. The smallest absolute Gasteiger partial charge is 0.263 e. The number of hydrogen-bond donors (Lipinski definition) is 1. The molecule has 88 valence electrons. The van der Waals surface area contributed by atoms with Gasteiger partial charge in [0.1, 0.15) is 0 Å². The van der Waals surface area contributed by atoms with Gasteiger partial charge in [0.15, 0.2) is 0 Å². The third kappa shape index (κ3) is 1.46. The molecule has 1 unspecified atom stereocenters. The number of hydrogen-bond acceptors (Lipinski definition) is 4. The Hall–Kier alpha value is -1.75. The van der Waals surface area contributed by atoms with Crippen LogP contribution in [-0.4, -0.2) is 34.3 Å². The number of imide groups is 1. The molecular formula is C12H13N3O2. The molecule has 2 amide bonds. The first kappa shape index (κ1) is 10.4. The minimum absolute atomic E-state index is 0.151. The van der Waals surface area contributed by atoms with Gasteiger partial charge in [0, 0.05) is 18.9 Å². The lowest BCUT2D eigenvalue weighted by atomic mass is 10.1. The first-order valence-corrected chi connectivity index (χ1v) is 5.76. The summed E-state index contributed by atoms with van der Waals surface area (Å²) in [5, 5.41) is 0. The molecule has 1 fully saturated rings. The van der Waals surface area contributed by atoms with Crippen molar-refractivity contribution in [1.29, 1.82) is 0 Å². The van der Waals surface area contributed by atoms with Gasteiger partial charge in [0.25, 0.3) is 11.8 Å². The summed E-state index contributed by atoms with van der Waals surface area (Å²) in [7, 11) is 0. The van der Waals surface area contributed by atoms with Gasteiger partial charge in [-0.15, -0.1) is 0 Å². The van der Waals surface area contributed by atoms with E-state index in [-0.39, 0.29) is 17.9 Å². The van der Waals surface area contributed by atoms with Gasteiger partial charge >= 0.3 is 0 Å². The van der Waals surface area contributed by atoms with Gasteiger partial charge in [-0.3, -0.25) is 19.5 Å². The van der Waals surface area contributed by atoms with Crippen LogP contribution in [0.5, 0.6) is 0 Å². The van der Waals surface area contributed by atoms with Crippen LogP contribution in [0.2, 0.25) is 0 Å². The first-order valence-electron chi connectivity index (χ1n) is 5.76. The molecule has 17 heavy (non-hydrogen) atoms. The van der Waals surface area contributed by atoms with Crippen LogP contribution in [0.4, 0.5) is 0 Å². The Morgan fingerprint density at radius 3 is 2.65 bits per heavy atom. The Balaban J connectivity index is 1.99. The SMILES string of the molecule is NCC(C1CC1)N1C(=O)c2ccncc2C1=O. The number of nitrogens with zero attached hydrogens (tertiary/aromatic N) is 2. The second kappa shape index (κ2) is 3.63. The normalized spacial score (nSPS) is 20.6. The van der Waals surface area contributed by atoms with Gasteiger partial charge in [-0.1, -0.05) is 0 Å². The van der Waals surface area contributed by atoms with Crippen molar-refractivity contribution in [3.63, 3.8) is 0 Å². The number of carbonyl (C=O) groups excluding carboxylic acids is 2. The lowest BCUT2D eigenvalue weighted by Crippen LogP contribution is -2.45. The molecule has 0 radical (unpaired) electrons. The van der Waals surface area contributed by atoms with Crippen LogP contribution in [-0.2, 0) is 0 Å². The molecule has 1 atom stereocenters.